The Morgan fingerprint density at radius 1 is 1.48 bits per heavy atom. The number of hydrogen-bond donors (Lipinski definition) is 2. The van der Waals surface area contributed by atoms with Crippen LogP contribution in [-0.2, 0) is 4.79 Å². The molecular formula is C17H21FN4O. The van der Waals surface area contributed by atoms with Crippen LogP contribution >= 0.6 is 0 Å². The van der Waals surface area contributed by atoms with Crippen LogP contribution in [0.3, 0.4) is 0 Å². The minimum Gasteiger partial charge on any atom is -0.326 e. The third-order valence-electron chi connectivity index (χ3n) is 4.54. The van der Waals surface area contributed by atoms with Crippen molar-refractivity contribution in [2.45, 2.75) is 38.1 Å². The number of rotatable bonds is 3. The second kappa shape index (κ2) is 6.12. The molecule has 23 heavy (non-hydrogen) atoms. The minimum atomic E-state index is -0.504. The predicted octanol–water partition coefficient (Wildman–Crippen LogP) is 2.86. The predicted molar refractivity (Wildman–Crippen MR) is 86.7 cm³/mol. The number of nitrogens with one attached hydrogen (secondary N) is 1. The zero-order valence-corrected chi connectivity index (χ0v) is 13.1. The van der Waals surface area contributed by atoms with E-state index in [1.807, 2.05) is 6.92 Å². The van der Waals surface area contributed by atoms with Crippen molar-refractivity contribution in [3.8, 4) is 5.69 Å². The second-order valence-corrected chi connectivity index (χ2v) is 6.41. The molecule has 2 atom stereocenters. The number of nitrogens with zero attached hydrogens (tertiary/aromatic N) is 2. The van der Waals surface area contributed by atoms with Gasteiger partial charge in [0, 0.05) is 23.6 Å². The molecule has 0 aliphatic heterocycles. The molecule has 2 aromatic rings. The Balaban J connectivity index is 1.75. The third kappa shape index (κ3) is 3.27. The van der Waals surface area contributed by atoms with Gasteiger partial charge < -0.3 is 11.1 Å². The van der Waals surface area contributed by atoms with E-state index in [0.29, 0.717) is 11.4 Å². The van der Waals surface area contributed by atoms with E-state index in [2.05, 4.69) is 10.4 Å². The van der Waals surface area contributed by atoms with Gasteiger partial charge in [-0.15, -0.1) is 0 Å². The number of halogens is 1. The van der Waals surface area contributed by atoms with Crippen LogP contribution in [0.2, 0.25) is 0 Å². The Kier molecular flexibility index (Phi) is 4.17. The van der Waals surface area contributed by atoms with Crippen LogP contribution in [0.5, 0.6) is 0 Å². The number of carbonyl (C=O) groups is 1. The van der Waals surface area contributed by atoms with Crippen molar-refractivity contribution in [3.05, 3.63) is 42.5 Å². The van der Waals surface area contributed by atoms with Gasteiger partial charge in [0.05, 0.1) is 5.92 Å². The molecular weight excluding hydrogens is 295 g/mol. The van der Waals surface area contributed by atoms with Crippen LogP contribution in [0.4, 0.5) is 10.1 Å². The first-order chi connectivity index (χ1) is 11.0. The molecule has 6 heteroatoms. The highest BCUT2D eigenvalue weighted by molar-refractivity contribution is 5.93. The molecule has 0 radical (unpaired) electrons. The standard InChI is InChI=1S/C17H21FN4O/c1-17(19)8-3-2-5-13(17)16(23)21-12-6-7-15(14(18)11-12)22-10-4-9-20-22/h4,6-7,9-11,13H,2-3,5,8,19H2,1H3,(H,21,23). The molecule has 1 aliphatic rings. The van der Waals surface area contributed by atoms with Crippen molar-refractivity contribution >= 4 is 11.6 Å². The van der Waals surface area contributed by atoms with E-state index >= 15 is 0 Å². The fourth-order valence-corrected chi connectivity index (χ4v) is 3.20. The lowest BCUT2D eigenvalue weighted by Crippen LogP contribution is -2.51. The first-order valence-corrected chi connectivity index (χ1v) is 7.87. The highest BCUT2D eigenvalue weighted by Crippen LogP contribution is 2.32. The lowest BCUT2D eigenvalue weighted by atomic mass is 9.74. The average molecular weight is 316 g/mol. The fraction of sp³-hybridized carbons (Fsp3) is 0.412. The van der Waals surface area contributed by atoms with E-state index in [9.17, 15) is 9.18 Å². The summed E-state index contributed by atoms with van der Waals surface area (Å²) >= 11 is 0. The zero-order valence-electron chi connectivity index (χ0n) is 13.1. The largest absolute Gasteiger partial charge is 0.326 e. The van der Waals surface area contributed by atoms with Gasteiger partial charge in [-0.2, -0.15) is 5.10 Å². The molecule has 0 saturated heterocycles. The quantitative estimate of drug-likeness (QED) is 0.914. The smallest absolute Gasteiger partial charge is 0.229 e. The minimum absolute atomic E-state index is 0.138. The van der Waals surface area contributed by atoms with E-state index in [1.165, 1.54) is 10.7 Å². The van der Waals surface area contributed by atoms with E-state index < -0.39 is 11.4 Å². The molecule has 1 amide bonds. The Hall–Kier alpha value is -2.21. The van der Waals surface area contributed by atoms with Gasteiger partial charge >= 0.3 is 0 Å². The molecule has 0 spiro atoms. The summed E-state index contributed by atoms with van der Waals surface area (Å²) in [6.07, 6.45) is 6.89. The average Bonchev–Trinajstić information content (AvgIpc) is 3.00. The Morgan fingerprint density at radius 2 is 2.30 bits per heavy atom. The van der Waals surface area contributed by atoms with Gasteiger partial charge in [-0.25, -0.2) is 9.07 Å². The maximum atomic E-state index is 14.2. The number of anilines is 1. The van der Waals surface area contributed by atoms with Crippen molar-refractivity contribution in [3.63, 3.8) is 0 Å². The maximum absolute atomic E-state index is 14.2. The van der Waals surface area contributed by atoms with Crippen LogP contribution in [0.25, 0.3) is 5.69 Å². The van der Waals surface area contributed by atoms with Crippen LogP contribution in [0.1, 0.15) is 32.6 Å². The van der Waals surface area contributed by atoms with Crippen molar-refractivity contribution < 1.29 is 9.18 Å². The third-order valence-corrected chi connectivity index (χ3v) is 4.54. The van der Waals surface area contributed by atoms with Gasteiger partial charge in [-0.1, -0.05) is 12.8 Å². The van der Waals surface area contributed by atoms with Crippen LogP contribution < -0.4 is 11.1 Å². The highest BCUT2D eigenvalue weighted by Gasteiger charge is 2.37. The fourth-order valence-electron chi connectivity index (χ4n) is 3.20. The lowest BCUT2D eigenvalue weighted by molar-refractivity contribution is -0.122. The Bertz CT molecular complexity index is 697. The number of carbonyl (C=O) groups excluding carboxylic acids is 1. The van der Waals surface area contributed by atoms with Gasteiger partial charge in [0.25, 0.3) is 0 Å². The molecule has 1 heterocycles. The number of nitrogens with two attached hydrogens (primary N) is 1. The molecule has 1 aliphatic carbocycles. The first kappa shape index (κ1) is 15.7. The Morgan fingerprint density at radius 3 is 2.96 bits per heavy atom. The normalized spacial score (nSPS) is 24.4. The molecule has 1 fully saturated rings. The summed E-state index contributed by atoms with van der Waals surface area (Å²) in [5.41, 5.74) is 6.52. The molecule has 0 bridgehead atoms. The summed E-state index contributed by atoms with van der Waals surface area (Å²) in [6.45, 7) is 1.91. The molecule has 3 N–H and O–H groups in total. The van der Waals surface area contributed by atoms with Crippen LogP contribution in [-0.4, -0.2) is 21.2 Å². The summed E-state index contributed by atoms with van der Waals surface area (Å²) in [7, 11) is 0. The zero-order chi connectivity index (χ0) is 16.4. The van der Waals surface area contributed by atoms with Gasteiger partial charge in [-0.05, 0) is 44.0 Å². The monoisotopic (exact) mass is 316 g/mol. The Labute approximate surface area is 134 Å². The van der Waals surface area contributed by atoms with E-state index in [1.54, 1.807) is 30.6 Å². The molecule has 1 aromatic carbocycles. The van der Waals surface area contributed by atoms with Crippen molar-refractivity contribution in [1.29, 1.82) is 0 Å². The van der Waals surface area contributed by atoms with Crippen LogP contribution in [0.15, 0.2) is 36.7 Å². The van der Waals surface area contributed by atoms with Crippen molar-refractivity contribution in [2.75, 3.05) is 5.32 Å². The topological polar surface area (TPSA) is 72.9 Å². The van der Waals surface area contributed by atoms with Gasteiger partial charge in [0.15, 0.2) is 5.82 Å². The van der Waals surface area contributed by atoms with Crippen molar-refractivity contribution in [2.24, 2.45) is 11.7 Å². The molecule has 122 valence electrons. The number of hydrogen-bond acceptors (Lipinski definition) is 3. The van der Waals surface area contributed by atoms with E-state index in [0.717, 1.165) is 25.7 Å². The SMILES string of the molecule is CC1(N)CCCCC1C(=O)Nc1ccc(-n2cccn2)c(F)c1. The first-order valence-electron chi connectivity index (χ1n) is 7.87. The number of amides is 1. The molecule has 3 rings (SSSR count). The van der Waals surface area contributed by atoms with Gasteiger partial charge in [0.1, 0.15) is 5.69 Å². The second-order valence-electron chi connectivity index (χ2n) is 6.41. The molecule has 1 aromatic heterocycles. The lowest BCUT2D eigenvalue weighted by Gasteiger charge is -2.37. The molecule has 1 saturated carbocycles. The summed E-state index contributed by atoms with van der Waals surface area (Å²) in [5, 5.41) is 6.80. The van der Waals surface area contributed by atoms with Crippen LogP contribution in [0, 0.1) is 11.7 Å². The number of benzene rings is 1. The highest BCUT2D eigenvalue weighted by atomic mass is 19.1. The summed E-state index contributed by atoms with van der Waals surface area (Å²) < 4.78 is 15.7. The maximum Gasteiger partial charge on any atom is 0.229 e. The van der Waals surface area contributed by atoms with E-state index in [4.69, 9.17) is 5.73 Å². The summed E-state index contributed by atoms with van der Waals surface area (Å²) in [5.74, 6) is -0.823. The number of aromatic nitrogens is 2. The van der Waals surface area contributed by atoms with Gasteiger partial charge in [0.2, 0.25) is 5.91 Å². The molecule has 2 unspecified atom stereocenters. The van der Waals surface area contributed by atoms with Gasteiger partial charge in [-0.3, -0.25) is 4.79 Å². The summed E-state index contributed by atoms with van der Waals surface area (Å²) in [4.78, 5) is 12.5. The molecule has 5 nitrogen and oxygen atoms in total. The van der Waals surface area contributed by atoms with Crippen molar-refractivity contribution in [1.82, 2.24) is 9.78 Å². The summed E-state index contributed by atoms with van der Waals surface area (Å²) in [6, 6.07) is 6.31. The van der Waals surface area contributed by atoms with E-state index in [-0.39, 0.29) is 11.8 Å².